The maximum atomic E-state index is 12.8. The van der Waals surface area contributed by atoms with Crippen LogP contribution in [0.2, 0.25) is 0 Å². The Morgan fingerprint density at radius 3 is 2.31 bits per heavy atom. The largest absolute Gasteiger partial charge is 0.491 e. The van der Waals surface area contributed by atoms with E-state index in [1.807, 2.05) is 25.7 Å². The first-order chi connectivity index (χ1) is 12.4. The highest BCUT2D eigenvalue weighted by molar-refractivity contribution is 7.89. The van der Waals surface area contributed by atoms with E-state index in [2.05, 4.69) is 10.2 Å². The zero-order valence-corrected chi connectivity index (χ0v) is 16.1. The minimum Gasteiger partial charge on any atom is -0.491 e. The summed E-state index contributed by atoms with van der Waals surface area (Å²) in [6.45, 7) is 7.57. The van der Waals surface area contributed by atoms with Crippen molar-refractivity contribution < 1.29 is 17.6 Å². The highest BCUT2D eigenvalue weighted by Gasteiger charge is 2.30. The van der Waals surface area contributed by atoms with Crippen molar-refractivity contribution in [2.45, 2.75) is 38.2 Å². The number of benzene rings is 1. The molecule has 0 saturated carbocycles. The van der Waals surface area contributed by atoms with Gasteiger partial charge in [0.1, 0.15) is 5.75 Å². The number of nitrogens with zero attached hydrogens (tertiary/aromatic N) is 4. The number of hydrogen-bond acceptors (Lipinski definition) is 7. The van der Waals surface area contributed by atoms with Crippen LogP contribution in [0.3, 0.4) is 0 Å². The molecule has 26 heavy (non-hydrogen) atoms. The molecule has 0 amide bonds. The van der Waals surface area contributed by atoms with Crippen LogP contribution >= 0.6 is 0 Å². The molecule has 0 bridgehead atoms. The Hall–Kier alpha value is -2.13. The maximum Gasteiger partial charge on any atom is 0.318 e. The number of ether oxygens (including phenoxy) is 1. The molecular weight excluding hydrogens is 356 g/mol. The molecule has 0 spiro atoms. The molecule has 142 valence electrons. The van der Waals surface area contributed by atoms with Crippen LogP contribution in [-0.2, 0) is 16.4 Å². The van der Waals surface area contributed by atoms with Crippen molar-refractivity contribution in [1.82, 2.24) is 14.5 Å². The van der Waals surface area contributed by atoms with Crippen LogP contribution in [0.25, 0.3) is 0 Å². The van der Waals surface area contributed by atoms with E-state index in [0.29, 0.717) is 50.3 Å². The quantitative estimate of drug-likeness (QED) is 0.756. The van der Waals surface area contributed by atoms with Crippen LogP contribution in [-0.4, -0.2) is 55.2 Å². The second-order valence-electron chi connectivity index (χ2n) is 6.36. The lowest BCUT2D eigenvalue weighted by atomic mass is 10.3. The molecule has 9 heteroatoms. The first kappa shape index (κ1) is 18.7. The van der Waals surface area contributed by atoms with Gasteiger partial charge in [0.25, 0.3) is 0 Å². The monoisotopic (exact) mass is 380 g/mol. The van der Waals surface area contributed by atoms with Crippen molar-refractivity contribution in [2.75, 3.05) is 31.1 Å². The number of aromatic nitrogens is 2. The van der Waals surface area contributed by atoms with Crippen LogP contribution in [0, 0.1) is 0 Å². The van der Waals surface area contributed by atoms with Crippen molar-refractivity contribution >= 4 is 16.0 Å². The Morgan fingerprint density at radius 1 is 1.12 bits per heavy atom. The molecule has 1 aliphatic rings. The van der Waals surface area contributed by atoms with Gasteiger partial charge in [0.05, 0.1) is 11.0 Å². The number of anilines is 1. The first-order valence-corrected chi connectivity index (χ1v) is 10.2. The van der Waals surface area contributed by atoms with E-state index in [0.717, 1.165) is 0 Å². The third-order valence-corrected chi connectivity index (χ3v) is 6.01. The van der Waals surface area contributed by atoms with Crippen molar-refractivity contribution in [3.8, 4) is 5.75 Å². The van der Waals surface area contributed by atoms with E-state index in [1.165, 1.54) is 4.31 Å². The Kier molecular flexibility index (Phi) is 5.47. The summed E-state index contributed by atoms with van der Waals surface area (Å²) in [4.78, 5) is 2.19. The minimum absolute atomic E-state index is 0.0449. The number of sulfonamides is 1. The summed E-state index contributed by atoms with van der Waals surface area (Å²) in [7, 11) is -3.53. The molecule has 1 fully saturated rings. The van der Waals surface area contributed by atoms with Gasteiger partial charge in [-0.05, 0) is 38.1 Å². The first-order valence-electron chi connectivity index (χ1n) is 8.74. The summed E-state index contributed by atoms with van der Waals surface area (Å²) >= 11 is 0. The van der Waals surface area contributed by atoms with E-state index >= 15 is 0 Å². The molecule has 0 unspecified atom stereocenters. The molecule has 3 rings (SSSR count). The second kappa shape index (κ2) is 7.63. The van der Waals surface area contributed by atoms with Gasteiger partial charge in [0, 0.05) is 32.6 Å². The normalized spacial score (nSPS) is 16.2. The highest BCUT2D eigenvalue weighted by atomic mass is 32.2. The molecular formula is C17H24N4O4S. The van der Waals surface area contributed by atoms with Gasteiger partial charge < -0.3 is 14.1 Å². The van der Waals surface area contributed by atoms with Crippen molar-refractivity contribution in [3.63, 3.8) is 0 Å². The van der Waals surface area contributed by atoms with Crippen molar-refractivity contribution in [1.29, 1.82) is 0 Å². The summed E-state index contributed by atoms with van der Waals surface area (Å²) in [5.74, 6) is 1.24. The fourth-order valence-corrected chi connectivity index (χ4v) is 4.17. The van der Waals surface area contributed by atoms with Crippen molar-refractivity contribution in [2.24, 2.45) is 0 Å². The van der Waals surface area contributed by atoms with Crippen LogP contribution in [0.5, 0.6) is 5.75 Å². The average molecular weight is 380 g/mol. The summed E-state index contributed by atoms with van der Waals surface area (Å²) in [6.07, 6.45) is 0.723. The van der Waals surface area contributed by atoms with Gasteiger partial charge in [-0.2, -0.15) is 4.31 Å². The minimum atomic E-state index is -3.53. The van der Waals surface area contributed by atoms with Crippen LogP contribution in [0.1, 0.15) is 26.7 Å². The average Bonchev–Trinajstić information content (AvgIpc) is 3.11. The molecule has 8 nitrogen and oxygen atoms in total. The molecule has 1 aromatic heterocycles. The molecule has 2 aromatic rings. The molecule has 1 aliphatic heterocycles. The molecule has 1 aromatic carbocycles. The third-order valence-electron chi connectivity index (χ3n) is 4.10. The molecule has 0 atom stereocenters. The molecule has 0 radical (unpaired) electrons. The summed E-state index contributed by atoms with van der Waals surface area (Å²) in [6, 6.07) is 7.01. The van der Waals surface area contributed by atoms with Gasteiger partial charge in [-0.3, -0.25) is 0 Å². The summed E-state index contributed by atoms with van der Waals surface area (Å²) in [5.41, 5.74) is 0. The van der Waals surface area contributed by atoms with Gasteiger partial charge in [0.2, 0.25) is 15.9 Å². The number of rotatable bonds is 6. The standard InChI is InChI=1S/C17H24N4O4S/c1-4-16-18-19-17(25-16)20-9-11-21(12-10-20)26(22,23)15-7-5-14(6-8-15)24-13(2)3/h5-8,13H,4,9-12H2,1-3H3. The zero-order valence-electron chi connectivity index (χ0n) is 15.3. The lowest BCUT2D eigenvalue weighted by Gasteiger charge is -2.32. The van der Waals surface area contributed by atoms with Crippen LogP contribution in [0.15, 0.2) is 33.6 Å². The van der Waals surface area contributed by atoms with E-state index in [4.69, 9.17) is 9.15 Å². The predicted molar refractivity (Wildman–Crippen MR) is 96.9 cm³/mol. The molecule has 0 aliphatic carbocycles. The van der Waals surface area contributed by atoms with Crippen molar-refractivity contribution in [3.05, 3.63) is 30.2 Å². The third kappa shape index (κ3) is 3.99. The second-order valence-corrected chi connectivity index (χ2v) is 8.30. The van der Waals surface area contributed by atoms with Gasteiger partial charge in [-0.15, -0.1) is 5.10 Å². The number of hydrogen-bond donors (Lipinski definition) is 0. The van der Waals surface area contributed by atoms with E-state index in [9.17, 15) is 8.42 Å². The lowest BCUT2D eigenvalue weighted by Crippen LogP contribution is -2.48. The predicted octanol–water partition coefficient (Wildman–Crippen LogP) is 1.93. The maximum absolute atomic E-state index is 12.8. The van der Waals surface area contributed by atoms with E-state index < -0.39 is 10.0 Å². The Labute approximate surface area is 153 Å². The number of aryl methyl sites for hydroxylation is 1. The smallest absolute Gasteiger partial charge is 0.318 e. The molecule has 0 N–H and O–H groups in total. The van der Waals surface area contributed by atoms with Crippen LogP contribution in [0.4, 0.5) is 6.01 Å². The van der Waals surface area contributed by atoms with E-state index in [-0.39, 0.29) is 11.0 Å². The Morgan fingerprint density at radius 2 is 1.77 bits per heavy atom. The Bertz CT molecular complexity index is 825. The lowest BCUT2D eigenvalue weighted by molar-refractivity contribution is 0.242. The van der Waals surface area contributed by atoms with Gasteiger partial charge in [0.15, 0.2) is 0 Å². The number of piperazine rings is 1. The summed E-state index contributed by atoms with van der Waals surface area (Å²) < 4.78 is 38.3. The molecule has 2 heterocycles. The fourth-order valence-electron chi connectivity index (χ4n) is 2.75. The van der Waals surface area contributed by atoms with Gasteiger partial charge in [-0.1, -0.05) is 12.0 Å². The highest BCUT2D eigenvalue weighted by Crippen LogP contribution is 2.23. The zero-order chi connectivity index (χ0) is 18.7. The molecule has 1 saturated heterocycles. The van der Waals surface area contributed by atoms with Gasteiger partial charge in [-0.25, -0.2) is 8.42 Å². The topological polar surface area (TPSA) is 88.8 Å². The SMILES string of the molecule is CCc1nnc(N2CCN(S(=O)(=O)c3ccc(OC(C)C)cc3)CC2)o1. The van der Waals surface area contributed by atoms with Crippen LogP contribution < -0.4 is 9.64 Å². The van der Waals surface area contributed by atoms with Gasteiger partial charge >= 0.3 is 6.01 Å². The summed E-state index contributed by atoms with van der Waals surface area (Å²) in [5, 5.41) is 7.97. The fraction of sp³-hybridized carbons (Fsp3) is 0.529. The Balaban J connectivity index is 1.65. The van der Waals surface area contributed by atoms with E-state index in [1.54, 1.807) is 24.3 Å².